The van der Waals surface area contributed by atoms with Crippen LogP contribution in [0.15, 0.2) is 0 Å². The molecule has 5 heteroatoms. The van der Waals surface area contributed by atoms with E-state index in [1.165, 1.54) is 19.3 Å². The molecule has 0 fully saturated rings. The Labute approximate surface area is 113 Å². The van der Waals surface area contributed by atoms with Gasteiger partial charge in [-0.3, -0.25) is 4.57 Å². The third-order valence-electron chi connectivity index (χ3n) is 2.24. The van der Waals surface area contributed by atoms with Crippen molar-refractivity contribution >= 4 is 30.2 Å². The lowest BCUT2D eigenvalue weighted by molar-refractivity contribution is 0.219. The Morgan fingerprint density at radius 3 is 2.12 bits per heavy atom. The quantitative estimate of drug-likeness (QED) is 0.323. The second-order valence-corrected chi connectivity index (χ2v) is 7.65. The summed E-state index contributed by atoms with van der Waals surface area (Å²) in [6.07, 6.45) is 5.11. The van der Waals surface area contributed by atoms with Crippen LogP contribution in [0.4, 0.5) is 0 Å². The Balaban J connectivity index is 3.96. The highest BCUT2D eigenvalue weighted by Gasteiger charge is 2.24. The summed E-state index contributed by atoms with van der Waals surface area (Å²) in [7, 11) is -2.81. The van der Waals surface area contributed by atoms with Gasteiger partial charge < -0.3 is 9.05 Å². The largest absolute Gasteiger partial charge is 0.330 e. The summed E-state index contributed by atoms with van der Waals surface area (Å²) in [5.74, 6) is 0. The van der Waals surface area contributed by atoms with Crippen LogP contribution in [0.5, 0.6) is 0 Å². The molecule has 16 heavy (non-hydrogen) atoms. The zero-order valence-corrected chi connectivity index (χ0v) is 13.6. The molecule has 0 radical (unpaired) electrons. The van der Waals surface area contributed by atoms with Crippen LogP contribution in [-0.2, 0) is 13.6 Å². The first-order valence-corrected chi connectivity index (χ1v) is 9.07. The van der Waals surface area contributed by atoms with Gasteiger partial charge in [0.25, 0.3) is 0 Å². The van der Waals surface area contributed by atoms with Crippen molar-refractivity contribution in [2.24, 2.45) is 0 Å². The Morgan fingerprint density at radius 1 is 1.12 bits per heavy atom. The second-order valence-electron chi connectivity index (χ2n) is 3.70. The SMILES string of the molecule is CCCCC(I)CCP(=O)(OCC)OCC. The maximum atomic E-state index is 12.1. The molecule has 0 amide bonds. The molecule has 0 N–H and O–H groups in total. The molecule has 0 aliphatic heterocycles. The minimum absolute atomic E-state index is 0.456. The predicted octanol–water partition coefficient (Wildman–Crippen LogP) is 4.64. The third-order valence-corrected chi connectivity index (χ3v) is 5.59. The van der Waals surface area contributed by atoms with Crippen LogP contribution >= 0.6 is 30.2 Å². The third kappa shape index (κ3) is 8.04. The number of hydrogen-bond donors (Lipinski definition) is 0. The highest BCUT2D eigenvalue weighted by molar-refractivity contribution is 14.1. The van der Waals surface area contributed by atoms with E-state index in [9.17, 15) is 4.57 Å². The number of hydrogen-bond acceptors (Lipinski definition) is 3. The van der Waals surface area contributed by atoms with Gasteiger partial charge in [-0.25, -0.2) is 0 Å². The maximum absolute atomic E-state index is 12.1. The van der Waals surface area contributed by atoms with Gasteiger partial charge in [0, 0.05) is 3.92 Å². The van der Waals surface area contributed by atoms with Crippen molar-refractivity contribution in [3.8, 4) is 0 Å². The fourth-order valence-electron chi connectivity index (χ4n) is 1.43. The van der Waals surface area contributed by atoms with E-state index in [0.717, 1.165) is 6.42 Å². The molecule has 98 valence electrons. The van der Waals surface area contributed by atoms with Gasteiger partial charge in [0.1, 0.15) is 0 Å². The predicted molar refractivity (Wildman–Crippen MR) is 77.7 cm³/mol. The van der Waals surface area contributed by atoms with Crippen molar-refractivity contribution in [3.05, 3.63) is 0 Å². The molecule has 0 aliphatic rings. The molecule has 0 aromatic heterocycles. The normalized spacial score (nSPS) is 14.0. The smallest absolute Gasteiger partial charge is 0.309 e. The van der Waals surface area contributed by atoms with Crippen molar-refractivity contribution in [2.45, 2.75) is 50.4 Å². The van der Waals surface area contributed by atoms with Gasteiger partial charge >= 0.3 is 7.60 Å². The van der Waals surface area contributed by atoms with E-state index in [0.29, 0.717) is 23.3 Å². The van der Waals surface area contributed by atoms with Crippen molar-refractivity contribution in [1.29, 1.82) is 0 Å². The fourth-order valence-corrected chi connectivity index (χ4v) is 4.42. The summed E-state index contributed by atoms with van der Waals surface area (Å²) in [6, 6.07) is 0. The lowest BCUT2D eigenvalue weighted by Crippen LogP contribution is -2.06. The highest BCUT2D eigenvalue weighted by atomic mass is 127. The molecule has 0 heterocycles. The van der Waals surface area contributed by atoms with Gasteiger partial charge in [0.05, 0.1) is 19.4 Å². The summed E-state index contributed by atoms with van der Waals surface area (Å²) >= 11 is 2.43. The molecule has 0 aliphatic carbocycles. The molecule has 1 unspecified atom stereocenters. The first-order valence-electron chi connectivity index (χ1n) is 6.10. The van der Waals surface area contributed by atoms with E-state index >= 15 is 0 Å². The monoisotopic (exact) mass is 362 g/mol. The minimum Gasteiger partial charge on any atom is -0.309 e. The average Bonchev–Trinajstić information content (AvgIpc) is 2.24. The van der Waals surface area contributed by atoms with Gasteiger partial charge in [-0.15, -0.1) is 0 Å². The van der Waals surface area contributed by atoms with Crippen LogP contribution in [0.1, 0.15) is 46.5 Å². The summed E-state index contributed by atoms with van der Waals surface area (Å²) in [5.41, 5.74) is 0. The molecular formula is C11H24IO3P. The van der Waals surface area contributed by atoms with Crippen molar-refractivity contribution in [3.63, 3.8) is 0 Å². The number of unbranched alkanes of at least 4 members (excludes halogenated alkanes) is 1. The Kier molecular flexibility index (Phi) is 10.4. The summed E-state index contributed by atoms with van der Waals surface area (Å²) in [6.45, 7) is 6.81. The molecule has 0 aromatic carbocycles. The van der Waals surface area contributed by atoms with Crippen LogP contribution in [0.3, 0.4) is 0 Å². The molecule has 0 bridgehead atoms. The van der Waals surface area contributed by atoms with Crippen LogP contribution < -0.4 is 0 Å². The lowest BCUT2D eigenvalue weighted by Gasteiger charge is -2.18. The van der Waals surface area contributed by atoms with Crippen LogP contribution in [0.2, 0.25) is 0 Å². The molecule has 1 atom stereocenters. The van der Waals surface area contributed by atoms with E-state index in [2.05, 4.69) is 29.5 Å². The number of halogens is 1. The molecule has 0 spiro atoms. The zero-order valence-electron chi connectivity index (χ0n) is 10.6. The molecule has 0 aromatic rings. The van der Waals surface area contributed by atoms with E-state index in [1.54, 1.807) is 0 Å². The van der Waals surface area contributed by atoms with Gasteiger partial charge in [0.2, 0.25) is 0 Å². The highest BCUT2D eigenvalue weighted by Crippen LogP contribution is 2.49. The number of rotatable bonds is 10. The van der Waals surface area contributed by atoms with Crippen LogP contribution in [-0.4, -0.2) is 23.3 Å². The van der Waals surface area contributed by atoms with Gasteiger partial charge in [-0.1, -0.05) is 42.4 Å². The van der Waals surface area contributed by atoms with Crippen LogP contribution in [0.25, 0.3) is 0 Å². The lowest BCUT2D eigenvalue weighted by atomic mass is 10.2. The Hall–Kier alpha value is 0.880. The van der Waals surface area contributed by atoms with Gasteiger partial charge in [0.15, 0.2) is 0 Å². The zero-order chi connectivity index (χ0) is 12.4. The van der Waals surface area contributed by atoms with Crippen molar-refractivity contribution < 1.29 is 13.6 Å². The van der Waals surface area contributed by atoms with E-state index in [4.69, 9.17) is 9.05 Å². The molecule has 0 rings (SSSR count). The van der Waals surface area contributed by atoms with E-state index in [-0.39, 0.29) is 0 Å². The fraction of sp³-hybridized carbons (Fsp3) is 1.00. The summed E-state index contributed by atoms with van der Waals surface area (Å²) in [4.78, 5) is 0. The van der Waals surface area contributed by atoms with E-state index in [1.807, 2.05) is 13.8 Å². The molecular weight excluding hydrogens is 338 g/mol. The van der Waals surface area contributed by atoms with Gasteiger partial charge in [-0.05, 0) is 26.7 Å². The molecule has 3 nitrogen and oxygen atoms in total. The second kappa shape index (κ2) is 9.86. The van der Waals surface area contributed by atoms with Gasteiger partial charge in [-0.2, -0.15) is 0 Å². The first-order chi connectivity index (χ1) is 7.58. The van der Waals surface area contributed by atoms with Crippen molar-refractivity contribution in [1.82, 2.24) is 0 Å². The van der Waals surface area contributed by atoms with Crippen LogP contribution in [0, 0.1) is 0 Å². The Morgan fingerprint density at radius 2 is 1.69 bits per heavy atom. The topological polar surface area (TPSA) is 35.5 Å². The summed E-state index contributed by atoms with van der Waals surface area (Å²) < 4.78 is 23.2. The molecule has 0 saturated carbocycles. The average molecular weight is 362 g/mol. The van der Waals surface area contributed by atoms with Crippen molar-refractivity contribution in [2.75, 3.05) is 19.4 Å². The first kappa shape index (κ1) is 16.9. The maximum Gasteiger partial charge on any atom is 0.330 e. The standard InChI is InChI=1S/C11H24IO3P/c1-4-7-8-11(12)9-10-16(13,14-5-2)15-6-3/h11H,4-10H2,1-3H3. The van der Waals surface area contributed by atoms with E-state index < -0.39 is 7.60 Å². The Bertz CT molecular complexity index is 201. The molecule has 0 saturated heterocycles. The minimum atomic E-state index is -2.81. The summed E-state index contributed by atoms with van der Waals surface area (Å²) in [5, 5.41) is 0. The number of alkyl halides is 1.